The lowest BCUT2D eigenvalue weighted by atomic mass is 10.2. The van der Waals surface area contributed by atoms with Gasteiger partial charge in [-0.25, -0.2) is 4.98 Å². The molecule has 0 radical (unpaired) electrons. The topological polar surface area (TPSA) is 113 Å². The fourth-order valence-corrected chi connectivity index (χ4v) is 4.16. The van der Waals surface area contributed by atoms with Crippen molar-refractivity contribution in [2.75, 3.05) is 6.61 Å². The van der Waals surface area contributed by atoms with E-state index in [0.29, 0.717) is 26.9 Å². The molecule has 0 amide bonds. The van der Waals surface area contributed by atoms with Crippen LogP contribution in [0.5, 0.6) is 5.75 Å². The molecule has 182 valence electrons. The van der Waals surface area contributed by atoms with Gasteiger partial charge in [-0.15, -0.1) is 6.42 Å². The molecule has 3 aromatic carbocycles. The minimum Gasteiger partial charge on any atom is -0.473 e. The standard InChI is InChI=1S/C26H14Cl2N4O5/c1-2-9-36-24-19(28)10-15(11-21(24)32(34)35)14-29-31-25(30-20-6-4-3-5-18(20)26(31)33)23-13-16-12-17(27)7-8-22(16)37-23/h1,3-8,10-14H,9H2. The van der Waals surface area contributed by atoms with Gasteiger partial charge >= 0.3 is 5.69 Å². The van der Waals surface area contributed by atoms with Gasteiger partial charge in [0.15, 0.2) is 5.76 Å². The van der Waals surface area contributed by atoms with Crippen LogP contribution in [0.15, 0.2) is 75.0 Å². The monoisotopic (exact) mass is 532 g/mol. The van der Waals surface area contributed by atoms with Crippen LogP contribution in [-0.4, -0.2) is 27.4 Å². The molecule has 37 heavy (non-hydrogen) atoms. The van der Waals surface area contributed by atoms with E-state index < -0.39 is 16.2 Å². The summed E-state index contributed by atoms with van der Waals surface area (Å²) >= 11 is 12.3. The molecule has 0 aliphatic carbocycles. The van der Waals surface area contributed by atoms with Crippen LogP contribution in [0.4, 0.5) is 5.69 Å². The predicted octanol–water partition coefficient (Wildman–Crippen LogP) is 5.92. The first-order valence-electron chi connectivity index (χ1n) is 10.7. The van der Waals surface area contributed by atoms with Gasteiger partial charge in [-0.3, -0.25) is 14.9 Å². The van der Waals surface area contributed by atoms with E-state index in [1.54, 1.807) is 48.5 Å². The van der Waals surface area contributed by atoms with Crippen molar-refractivity contribution in [3.8, 4) is 29.7 Å². The fourth-order valence-electron chi connectivity index (χ4n) is 3.71. The number of hydrogen-bond acceptors (Lipinski definition) is 7. The van der Waals surface area contributed by atoms with E-state index in [0.717, 1.165) is 4.68 Å². The molecule has 0 aliphatic rings. The molecule has 11 heteroatoms. The molecule has 5 rings (SSSR count). The Hall–Kier alpha value is -4.65. The highest BCUT2D eigenvalue weighted by atomic mass is 35.5. The van der Waals surface area contributed by atoms with Crippen LogP contribution in [0.1, 0.15) is 5.56 Å². The molecule has 0 N–H and O–H groups in total. The number of para-hydroxylation sites is 1. The summed E-state index contributed by atoms with van der Waals surface area (Å²) in [5, 5.41) is 17.4. The minimum atomic E-state index is -0.649. The highest BCUT2D eigenvalue weighted by molar-refractivity contribution is 6.32. The maximum Gasteiger partial charge on any atom is 0.313 e. The van der Waals surface area contributed by atoms with Crippen molar-refractivity contribution < 1.29 is 14.1 Å². The second-order valence-electron chi connectivity index (χ2n) is 7.71. The number of nitrogens with zero attached hydrogens (tertiary/aromatic N) is 4. The van der Waals surface area contributed by atoms with Gasteiger partial charge in [-0.1, -0.05) is 41.3 Å². The van der Waals surface area contributed by atoms with Gasteiger partial charge in [0.1, 0.15) is 12.2 Å². The number of benzene rings is 3. The summed E-state index contributed by atoms with van der Waals surface area (Å²) in [6.07, 6.45) is 6.44. The van der Waals surface area contributed by atoms with Crippen LogP contribution in [0, 0.1) is 22.5 Å². The van der Waals surface area contributed by atoms with E-state index in [1.165, 1.54) is 18.3 Å². The zero-order valence-electron chi connectivity index (χ0n) is 18.7. The zero-order valence-corrected chi connectivity index (χ0v) is 20.2. The maximum absolute atomic E-state index is 13.4. The first-order valence-corrected chi connectivity index (χ1v) is 11.4. The number of nitro benzene ring substituents is 1. The largest absolute Gasteiger partial charge is 0.473 e. The summed E-state index contributed by atoms with van der Waals surface area (Å²) < 4.78 is 12.2. The van der Waals surface area contributed by atoms with Crippen LogP contribution >= 0.6 is 23.2 Å². The Morgan fingerprint density at radius 3 is 2.78 bits per heavy atom. The predicted molar refractivity (Wildman–Crippen MR) is 142 cm³/mol. The molecule has 5 aromatic rings. The Kier molecular flexibility index (Phi) is 6.36. The van der Waals surface area contributed by atoms with E-state index in [9.17, 15) is 14.9 Å². The molecular formula is C26H14Cl2N4O5. The van der Waals surface area contributed by atoms with Gasteiger partial charge in [0, 0.05) is 22.0 Å². The SMILES string of the molecule is C#CCOc1c(Cl)cc(C=Nn2c(-c3cc4cc(Cl)ccc4o3)nc3ccccc3c2=O)cc1[N+](=O)[O-]. The normalized spacial score (nSPS) is 11.3. The third-order valence-corrected chi connectivity index (χ3v) is 5.83. The molecular weight excluding hydrogens is 519 g/mol. The van der Waals surface area contributed by atoms with Gasteiger partial charge in [0.05, 0.1) is 27.1 Å². The highest BCUT2D eigenvalue weighted by Gasteiger charge is 2.21. The van der Waals surface area contributed by atoms with Crippen LogP contribution in [-0.2, 0) is 0 Å². The van der Waals surface area contributed by atoms with Gasteiger partial charge in [0.2, 0.25) is 11.6 Å². The third kappa shape index (κ3) is 4.63. The van der Waals surface area contributed by atoms with E-state index >= 15 is 0 Å². The van der Waals surface area contributed by atoms with Crippen LogP contribution in [0.25, 0.3) is 33.5 Å². The molecule has 0 spiro atoms. The quantitative estimate of drug-likeness (QED) is 0.116. The summed E-state index contributed by atoms with van der Waals surface area (Å²) in [4.78, 5) is 28.9. The van der Waals surface area contributed by atoms with Gasteiger partial charge in [0.25, 0.3) is 5.56 Å². The number of nitro groups is 1. The summed E-state index contributed by atoms with van der Waals surface area (Å²) in [5.74, 6) is 2.48. The lowest BCUT2D eigenvalue weighted by molar-refractivity contribution is -0.385. The molecule has 2 heterocycles. The van der Waals surface area contributed by atoms with E-state index in [2.05, 4.69) is 16.0 Å². The van der Waals surface area contributed by atoms with Crippen molar-refractivity contribution in [3.63, 3.8) is 0 Å². The van der Waals surface area contributed by atoms with Crippen molar-refractivity contribution in [2.45, 2.75) is 0 Å². The number of rotatable bonds is 6. The molecule has 0 saturated heterocycles. The molecule has 0 atom stereocenters. The maximum atomic E-state index is 13.4. The Balaban J connectivity index is 1.67. The summed E-state index contributed by atoms with van der Waals surface area (Å²) in [7, 11) is 0. The van der Waals surface area contributed by atoms with Crippen molar-refractivity contribution >= 4 is 57.0 Å². The Morgan fingerprint density at radius 1 is 1.19 bits per heavy atom. The molecule has 9 nitrogen and oxygen atoms in total. The molecule has 0 saturated carbocycles. The first-order chi connectivity index (χ1) is 17.9. The number of halogens is 2. The van der Waals surface area contributed by atoms with Gasteiger partial charge < -0.3 is 9.15 Å². The molecule has 2 aromatic heterocycles. The van der Waals surface area contributed by atoms with Gasteiger partial charge in [-0.2, -0.15) is 9.78 Å². The average Bonchev–Trinajstić information content (AvgIpc) is 3.30. The fraction of sp³-hybridized carbons (Fsp3) is 0.0385. The van der Waals surface area contributed by atoms with E-state index in [4.69, 9.17) is 38.8 Å². The number of terminal acetylenes is 1. The number of ether oxygens (including phenoxy) is 1. The summed E-state index contributed by atoms with van der Waals surface area (Å²) in [6.45, 7) is -0.196. The Morgan fingerprint density at radius 2 is 2.00 bits per heavy atom. The minimum absolute atomic E-state index is 0.0377. The van der Waals surface area contributed by atoms with Crippen molar-refractivity contribution in [1.82, 2.24) is 9.66 Å². The summed E-state index contributed by atoms with van der Waals surface area (Å²) in [6, 6.07) is 16.2. The average molecular weight is 533 g/mol. The molecule has 0 unspecified atom stereocenters. The van der Waals surface area contributed by atoms with Crippen LogP contribution in [0.2, 0.25) is 10.0 Å². The molecule has 0 fully saturated rings. The second kappa shape index (κ2) is 9.78. The van der Waals surface area contributed by atoms with Crippen LogP contribution in [0.3, 0.4) is 0 Å². The van der Waals surface area contributed by atoms with E-state index in [1.807, 2.05) is 0 Å². The van der Waals surface area contributed by atoms with Crippen LogP contribution < -0.4 is 10.3 Å². The zero-order chi connectivity index (χ0) is 26.1. The lowest BCUT2D eigenvalue weighted by Gasteiger charge is -2.08. The summed E-state index contributed by atoms with van der Waals surface area (Å²) in [5.41, 5.74) is 0.364. The lowest BCUT2D eigenvalue weighted by Crippen LogP contribution is -2.20. The van der Waals surface area contributed by atoms with Crippen molar-refractivity contribution in [2.24, 2.45) is 5.10 Å². The number of furan rings is 1. The number of hydrogen-bond donors (Lipinski definition) is 0. The molecule has 0 bridgehead atoms. The van der Waals surface area contributed by atoms with Crippen molar-refractivity contribution in [1.29, 1.82) is 0 Å². The van der Waals surface area contributed by atoms with Crippen molar-refractivity contribution in [3.05, 3.63) is 96.7 Å². The number of aromatic nitrogens is 2. The Labute approximate surface area is 218 Å². The molecule has 0 aliphatic heterocycles. The van der Waals surface area contributed by atoms with E-state index in [-0.39, 0.29) is 34.5 Å². The second-order valence-corrected chi connectivity index (χ2v) is 8.55. The number of fused-ring (bicyclic) bond motifs is 2. The third-order valence-electron chi connectivity index (χ3n) is 5.32. The smallest absolute Gasteiger partial charge is 0.313 e. The van der Waals surface area contributed by atoms with Gasteiger partial charge in [-0.05, 0) is 42.5 Å². The highest BCUT2D eigenvalue weighted by Crippen LogP contribution is 2.36. The first kappa shape index (κ1) is 24.1. The Bertz CT molecular complexity index is 1840.